The SMILES string of the molecule is CCN(c1ccc(OC)c(OC)c1)S(=O)(=O)c1ccc(OC)cc1. The summed E-state index contributed by atoms with van der Waals surface area (Å²) in [6.07, 6.45) is 0. The molecule has 0 aliphatic carbocycles. The van der Waals surface area contributed by atoms with E-state index in [2.05, 4.69) is 0 Å². The molecule has 7 heteroatoms. The van der Waals surface area contributed by atoms with E-state index in [1.165, 1.54) is 37.8 Å². The molecule has 0 unspecified atom stereocenters. The maximum absolute atomic E-state index is 12.9. The molecule has 2 aromatic rings. The number of methoxy groups -OCH3 is 3. The van der Waals surface area contributed by atoms with Crippen LogP contribution in [0.3, 0.4) is 0 Å². The zero-order chi connectivity index (χ0) is 17.7. The van der Waals surface area contributed by atoms with E-state index in [0.29, 0.717) is 22.9 Å². The molecule has 0 N–H and O–H groups in total. The Labute approximate surface area is 142 Å². The third-order valence-corrected chi connectivity index (χ3v) is 5.51. The van der Waals surface area contributed by atoms with E-state index in [9.17, 15) is 8.42 Å². The molecule has 0 bridgehead atoms. The van der Waals surface area contributed by atoms with Crippen molar-refractivity contribution < 1.29 is 22.6 Å². The first-order valence-electron chi connectivity index (χ1n) is 7.36. The van der Waals surface area contributed by atoms with Crippen molar-refractivity contribution in [2.24, 2.45) is 0 Å². The molecule has 0 fully saturated rings. The predicted octanol–water partition coefficient (Wildman–Crippen LogP) is 2.93. The van der Waals surface area contributed by atoms with Crippen molar-refractivity contribution >= 4 is 15.7 Å². The van der Waals surface area contributed by atoms with Gasteiger partial charge >= 0.3 is 0 Å². The number of nitrogens with zero attached hydrogens (tertiary/aromatic N) is 1. The van der Waals surface area contributed by atoms with Gasteiger partial charge in [0.25, 0.3) is 10.0 Å². The fourth-order valence-electron chi connectivity index (χ4n) is 2.35. The Kier molecular flexibility index (Phi) is 5.56. The normalized spacial score (nSPS) is 11.0. The lowest BCUT2D eigenvalue weighted by molar-refractivity contribution is 0.355. The highest BCUT2D eigenvalue weighted by Crippen LogP contribution is 2.33. The van der Waals surface area contributed by atoms with Crippen LogP contribution in [0.15, 0.2) is 47.4 Å². The third-order valence-electron chi connectivity index (χ3n) is 3.59. The Morgan fingerprint density at radius 1 is 0.875 bits per heavy atom. The molecule has 0 aromatic heterocycles. The summed E-state index contributed by atoms with van der Waals surface area (Å²) in [5.74, 6) is 1.61. The van der Waals surface area contributed by atoms with E-state index in [4.69, 9.17) is 14.2 Å². The summed E-state index contributed by atoms with van der Waals surface area (Å²) in [6, 6.07) is 11.3. The average Bonchev–Trinajstić information content (AvgIpc) is 2.62. The maximum atomic E-state index is 12.9. The second kappa shape index (κ2) is 7.44. The number of hydrogen-bond donors (Lipinski definition) is 0. The van der Waals surface area contributed by atoms with Crippen molar-refractivity contribution in [2.45, 2.75) is 11.8 Å². The zero-order valence-electron chi connectivity index (χ0n) is 14.1. The quantitative estimate of drug-likeness (QED) is 0.767. The van der Waals surface area contributed by atoms with Crippen LogP contribution in [0, 0.1) is 0 Å². The predicted molar refractivity (Wildman–Crippen MR) is 92.7 cm³/mol. The number of anilines is 1. The lowest BCUT2D eigenvalue weighted by atomic mass is 10.2. The van der Waals surface area contributed by atoms with E-state index in [1.54, 1.807) is 37.3 Å². The molecule has 0 aliphatic heterocycles. The summed E-state index contributed by atoms with van der Waals surface area (Å²) in [4.78, 5) is 0.194. The Balaban J connectivity index is 2.45. The molecule has 2 rings (SSSR count). The van der Waals surface area contributed by atoms with E-state index < -0.39 is 10.0 Å². The Bertz CT molecular complexity index is 787. The van der Waals surface area contributed by atoms with E-state index in [-0.39, 0.29) is 11.4 Å². The molecule has 0 spiro atoms. The van der Waals surface area contributed by atoms with Crippen molar-refractivity contribution in [1.82, 2.24) is 0 Å². The first-order valence-corrected chi connectivity index (χ1v) is 8.80. The van der Waals surface area contributed by atoms with E-state index >= 15 is 0 Å². The zero-order valence-corrected chi connectivity index (χ0v) is 15.0. The summed E-state index contributed by atoms with van der Waals surface area (Å²) < 4.78 is 42.7. The smallest absolute Gasteiger partial charge is 0.264 e. The van der Waals surface area contributed by atoms with Crippen LogP contribution in [-0.4, -0.2) is 36.3 Å². The van der Waals surface area contributed by atoms with Crippen LogP contribution in [0.5, 0.6) is 17.2 Å². The Hall–Kier alpha value is -2.41. The van der Waals surface area contributed by atoms with Gasteiger partial charge in [-0.1, -0.05) is 0 Å². The van der Waals surface area contributed by atoms with Gasteiger partial charge in [0.1, 0.15) is 5.75 Å². The third kappa shape index (κ3) is 3.41. The largest absolute Gasteiger partial charge is 0.497 e. The molecule has 0 atom stereocenters. The monoisotopic (exact) mass is 351 g/mol. The van der Waals surface area contributed by atoms with Crippen LogP contribution in [0.2, 0.25) is 0 Å². The van der Waals surface area contributed by atoms with Crippen LogP contribution in [-0.2, 0) is 10.0 Å². The molecule has 24 heavy (non-hydrogen) atoms. The van der Waals surface area contributed by atoms with E-state index in [0.717, 1.165) is 0 Å². The highest BCUT2D eigenvalue weighted by atomic mass is 32.2. The van der Waals surface area contributed by atoms with E-state index in [1.807, 2.05) is 0 Å². The average molecular weight is 351 g/mol. The van der Waals surface area contributed by atoms with Gasteiger partial charge in [0.2, 0.25) is 0 Å². The fourth-order valence-corrected chi connectivity index (χ4v) is 3.81. The second-order valence-electron chi connectivity index (χ2n) is 4.88. The highest BCUT2D eigenvalue weighted by Gasteiger charge is 2.24. The van der Waals surface area contributed by atoms with Crippen LogP contribution < -0.4 is 18.5 Å². The number of sulfonamides is 1. The van der Waals surface area contributed by atoms with Crippen molar-refractivity contribution in [3.63, 3.8) is 0 Å². The minimum atomic E-state index is -3.69. The van der Waals surface area contributed by atoms with Crippen LogP contribution >= 0.6 is 0 Å². The summed E-state index contributed by atoms with van der Waals surface area (Å²) in [7, 11) is 0.882. The van der Waals surface area contributed by atoms with Crippen molar-refractivity contribution in [2.75, 3.05) is 32.2 Å². The highest BCUT2D eigenvalue weighted by molar-refractivity contribution is 7.92. The first-order chi connectivity index (χ1) is 11.5. The molecule has 130 valence electrons. The van der Waals surface area contributed by atoms with Crippen LogP contribution in [0.1, 0.15) is 6.92 Å². The Morgan fingerprint density at radius 2 is 1.50 bits per heavy atom. The standard InChI is InChI=1S/C17H21NO5S/c1-5-18(13-6-11-16(22-3)17(12-13)23-4)24(19,20)15-9-7-14(21-2)8-10-15/h6-12H,5H2,1-4H3. The lowest BCUT2D eigenvalue weighted by Gasteiger charge is -2.24. The number of benzene rings is 2. The first kappa shape index (κ1) is 17.9. The summed E-state index contributed by atoms with van der Waals surface area (Å²) in [5.41, 5.74) is 0.506. The molecule has 0 aliphatic rings. The van der Waals surface area contributed by atoms with Gasteiger partial charge in [0, 0.05) is 12.6 Å². The molecule has 0 saturated heterocycles. The van der Waals surface area contributed by atoms with Crippen molar-refractivity contribution in [1.29, 1.82) is 0 Å². The van der Waals surface area contributed by atoms with Gasteiger partial charge in [-0.25, -0.2) is 8.42 Å². The van der Waals surface area contributed by atoms with Gasteiger partial charge in [0.15, 0.2) is 11.5 Å². The van der Waals surface area contributed by atoms with Crippen LogP contribution in [0.4, 0.5) is 5.69 Å². The van der Waals surface area contributed by atoms with Crippen LogP contribution in [0.25, 0.3) is 0 Å². The maximum Gasteiger partial charge on any atom is 0.264 e. The molecule has 2 aromatic carbocycles. The van der Waals surface area contributed by atoms with Crippen molar-refractivity contribution in [3.8, 4) is 17.2 Å². The fraction of sp³-hybridized carbons (Fsp3) is 0.294. The topological polar surface area (TPSA) is 65.1 Å². The molecule has 6 nitrogen and oxygen atoms in total. The van der Waals surface area contributed by atoms with Gasteiger partial charge < -0.3 is 14.2 Å². The summed E-state index contributed by atoms with van der Waals surface area (Å²) in [5, 5.41) is 0. The molecular formula is C17H21NO5S. The van der Waals surface area contributed by atoms with Crippen molar-refractivity contribution in [3.05, 3.63) is 42.5 Å². The number of ether oxygens (including phenoxy) is 3. The minimum absolute atomic E-state index is 0.194. The van der Waals surface area contributed by atoms with Gasteiger partial charge in [-0.15, -0.1) is 0 Å². The summed E-state index contributed by atoms with van der Waals surface area (Å²) in [6.45, 7) is 2.06. The molecule has 0 amide bonds. The molecule has 0 heterocycles. The van der Waals surface area contributed by atoms with Gasteiger partial charge in [-0.2, -0.15) is 0 Å². The lowest BCUT2D eigenvalue weighted by Crippen LogP contribution is -2.30. The summed E-state index contributed by atoms with van der Waals surface area (Å²) >= 11 is 0. The second-order valence-corrected chi connectivity index (χ2v) is 6.75. The van der Waals surface area contributed by atoms with Gasteiger partial charge in [0.05, 0.1) is 31.9 Å². The number of hydrogen-bond acceptors (Lipinski definition) is 5. The molecule has 0 saturated carbocycles. The Morgan fingerprint density at radius 3 is 2.00 bits per heavy atom. The number of rotatable bonds is 7. The molecular weight excluding hydrogens is 330 g/mol. The van der Waals surface area contributed by atoms with Gasteiger partial charge in [-0.05, 0) is 43.3 Å². The van der Waals surface area contributed by atoms with Gasteiger partial charge in [-0.3, -0.25) is 4.31 Å². The minimum Gasteiger partial charge on any atom is -0.497 e. The molecule has 0 radical (unpaired) electrons.